The Labute approximate surface area is 140 Å². The van der Waals surface area contributed by atoms with Crippen LogP contribution in [0.2, 0.25) is 0 Å². The number of ether oxygens (including phenoxy) is 1. The zero-order valence-electron chi connectivity index (χ0n) is 14.1. The van der Waals surface area contributed by atoms with E-state index >= 15 is 0 Å². The molecule has 1 aliphatic rings. The van der Waals surface area contributed by atoms with Crippen LogP contribution in [0.5, 0.6) is 5.75 Å². The fraction of sp³-hybridized carbons (Fsp3) is 0.471. The first-order valence-electron chi connectivity index (χ1n) is 7.62. The van der Waals surface area contributed by atoms with E-state index in [0.717, 1.165) is 23.6 Å². The maximum atomic E-state index is 12.4. The summed E-state index contributed by atoms with van der Waals surface area (Å²) >= 11 is 1.21. The summed E-state index contributed by atoms with van der Waals surface area (Å²) in [5.41, 5.74) is 1.33. The van der Waals surface area contributed by atoms with Crippen LogP contribution >= 0.6 is 11.5 Å². The van der Waals surface area contributed by atoms with Crippen LogP contribution in [0, 0.1) is 0 Å². The highest BCUT2D eigenvalue weighted by Crippen LogP contribution is 2.35. The van der Waals surface area contributed by atoms with Crippen LogP contribution in [0.25, 0.3) is 0 Å². The van der Waals surface area contributed by atoms with Crippen LogP contribution in [0.4, 0.5) is 5.13 Å². The van der Waals surface area contributed by atoms with Crippen LogP contribution in [0.3, 0.4) is 0 Å². The molecule has 1 aromatic heterocycles. The first kappa shape index (κ1) is 15.9. The highest BCUT2D eigenvalue weighted by atomic mass is 32.1. The van der Waals surface area contributed by atoms with Gasteiger partial charge in [0.15, 0.2) is 0 Å². The molecular weight excluding hydrogens is 310 g/mol. The molecule has 1 aromatic carbocycles. The second kappa shape index (κ2) is 5.30. The van der Waals surface area contributed by atoms with Crippen molar-refractivity contribution in [2.45, 2.75) is 52.1 Å². The molecule has 0 saturated carbocycles. The number of hydrogen-bond donors (Lipinski definition) is 1. The van der Waals surface area contributed by atoms with Crippen molar-refractivity contribution in [2.24, 2.45) is 0 Å². The lowest BCUT2D eigenvalue weighted by Gasteiger charge is -2.16. The van der Waals surface area contributed by atoms with Gasteiger partial charge in [0.25, 0.3) is 5.91 Å². The van der Waals surface area contributed by atoms with Gasteiger partial charge in [0.2, 0.25) is 5.13 Å². The standard InChI is InChI=1S/C17H21N3O2S/c1-16(2,3)14-19-15(23-20-14)18-13(21)10-6-7-12-11(8-10)9-17(4,5)22-12/h6-8H,9H2,1-5H3,(H,18,19,20,21). The second-order valence-electron chi connectivity index (χ2n) is 7.49. The topological polar surface area (TPSA) is 64.1 Å². The number of anilines is 1. The molecule has 0 saturated heterocycles. The molecule has 2 aromatic rings. The van der Waals surface area contributed by atoms with Crippen LogP contribution in [-0.4, -0.2) is 20.9 Å². The number of fused-ring (bicyclic) bond motifs is 1. The smallest absolute Gasteiger partial charge is 0.257 e. The van der Waals surface area contributed by atoms with Crippen molar-refractivity contribution in [1.29, 1.82) is 0 Å². The number of amides is 1. The first-order valence-corrected chi connectivity index (χ1v) is 8.39. The van der Waals surface area contributed by atoms with Crippen molar-refractivity contribution in [3.8, 4) is 5.75 Å². The Hall–Kier alpha value is -1.95. The Bertz CT molecular complexity index is 759. The Morgan fingerprint density at radius 2 is 2.09 bits per heavy atom. The summed E-state index contributed by atoms with van der Waals surface area (Å²) in [5.74, 6) is 1.42. The summed E-state index contributed by atoms with van der Waals surface area (Å²) in [6, 6.07) is 5.53. The molecule has 6 heteroatoms. The monoisotopic (exact) mass is 331 g/mol. The highest BCUT2D eigenvalue weighted by molar-refractivity contribution is 7.09. The molecule has 23 heavy (non-hydrogen) atoms. The van der Waals surface area contributed by atoms with Gasteiger partial charge in [-0.3, -0.25) is 10.1 Å². The van der Waals surface area contributed by atoms with Gasteiger partial charge in [-0.05, 0) is 37.6 Å². The van der Waals surface area contributed by atoms with Gasteiger partial charge in [0.1, 0.15) is 17.2 Å². The number of benzene rings is 1. The first-order chi connectivity index (χ1) is 10.6. The summed E-state index contributed by atoms with van der Waals surface area (Å²) < 4.78 is 10.1. The van der Waals surface area contributed by atoms with E-state index in [9.17, 15) is 4.79 Å². The number of hydrogen-bond acceptors (Lipinski definition) is 5. The second-order valence-corrected chi connectivity index (χ2v) is 8.24. The van der Waals surface area contributed by atoms with Gasteiger partial charge in [-0.15, -0.1) is 0 Å². The van der Waals surface area contributed by atoms with Gasteiger partial charge in [0, 0.05) is 28.9 Å². The molecule has 0 radical (unpaired) electrons. The molecule has 122 valence electrons. The third kappa shape index (κ3) is 3.37. The van der Waals surface area contributed by atoms with E-state index in [1.54, 1.807) is 6.07 Å². The maximum absolute atomic E-state index is 12.4. The number of rotatable bonds is 2. The number of carbonyl (C=O) groups excluding carboxylic acids is 1. The Kier molecular flexibility index (Phi) is 3.67. The zero-order chi connectivity index (χ0) is 16.8. The Morgan fingerprint density at radius 1 is 1.35 bits per heavy atom. The molecule has 0 fully saturated rings. The molecule has 0 spiro atoms. The molecule has 3 rings (SSSR count). The summed E-state index contributed by atoms with van der Waals surface area (Å²) in [6.45, 7) is 10.2. The van der Waals surface area contributed by atoms with Gasteiger partial charge < -0.3 is 4.74 Å². The average molecular weight is 331 g/mol. The molecule has 5 nitrogen and oxygen atoms in total. The van der Waals surface area contributed by atoms with Crippen molar-refractivity contribution >= 4 is 22.6 Å². The zero-order valence-corrected chi connectivity index (χ0v) is 14.9. The fourth-order valence-corrected chi connectivity index (χ4v) is 3.25. The molecule has 0 aliphatic carbocycles. The van der Waals surface area contributed by atoms with E-state index in [2.05, 4.69) is 14.7 Å². The lowest BCUT2D eigenvalue weighted by atomic mass is 9.96. The molecular formula is C17H21N3O2S. The highest BCUT2D eigenvalue weighted by Gasteiger charge is 2.30. The maximum Gasteiger partial charge on any atom is 0.257 e. The van der Waals surface area contributed by atoms with Crippen LogP contribution in [0.15, 0.2) is 18.2 Å². The molecule has 0 unspecified atom stereocenters. The minimum atomic E-state index is -0.210. The van der Waals surface area contributed by atoms with Crippen molar-refractivity contribution < 1.29 is 9.53 Å². The average Bonchev–Trinajstić information content (AvgIpc) is 2.99. The number of carbonyl (C=O) groups is 1. The van der Waals surface area contributed by atoms with Crippen LogP contribution in [-0.2, 0) is 11.8 Å². The lowest BCUT2D eigenvalue weighted by Crippen LogP contribution is -2.24. The quantitative estimate of drug-likeness (QED) is 0.909. The third-order valence-electron chi connectivity index (χ3n) is 3.64. The Balaban J connectivity index is 1.76. The lowest BCUT2D eigenvalue weighted by molar-refractivity contribution is 0.102. The van der Waals surface area contributed by atoms with Crippen molar-refractivity contribution in [2.75, 3.05) is 5.32 Å². The van der Waals surface area contributed by atoms with Crippen LogP contribution in [0.1, 0.15) is 56.4 Å². The number of aromatic nitrogens is 2. The SMILES string of the molecule is CC1(C)Cc2cc(C(=O)Nc3nc(C(C)(C)C)ns3)ccc2O1. The van der Waals surface area contributed by atoms with Gasteiger partial charge in [-0.25, -0.2) is 4.98 Å². The minimum absolute atomic E-state index is 0.129. The molecule has 1 amide bonds. The molecule has 0 atom stereocenters. The normalized spacial score (nSPS) is 15.9. The van der Waals surface area contributed by atoms with E-state index < -0.39 is 0 Å². The molecule has 0 bridgehead atoms. The van der Waals surface area contributed by atoms with Gasteiger partial charge >= 0.3 is 0 Å². The molecule has 1 aliphatic heterocycles. The fourth-order valence-electron chi connectivity index (χ4n) is 2.50. The summed E-state index contributed by atoms with van der Waals surface area (Å²) in [5, 5.41) is 3.35. The summed E-state index contributed by atoms with van der Waals surface area (Å²) in [7, 11) is 0. The van der Waals surface area contributed by atoms with E-state index in [1.807, 2.05) is 46.8 Å². The number of nitrogens with zero attached hydrogens (tertiary/aromatic N) is 2. The van der Waals surface area contributed by atoms with E-state index in [-0.39, 0.29) is 16.9 Å². The Morgan fingerprint density at radius 3 is 2.74 bits per heavy atom. The predicted molar refractivity (Wildman–Crippen MR) is 91.4 cm³/mol. The predicted octanol–water partition coefficient (Wildman–Crippen LogP) is 3.80. The number of nitrogens with one attached hydrogen (secondary N) is 1. The minimum Gasteiger partial charge on any atom is -0.487 e. The van der Waals surface area contributed by atoms with Gasteiger partial charge in [-0.1, -0.05) is 20.8 Å². The molecule has 1 N–H and O–H groups in total. The van der Waals surface area contributed by atoms with E-state index in [0.29, 0.717) is 10.7 Å². The third-order valence-corrected chi connectivity index (χ3v) is 4.27. The van der Waals surface area contributed by atoms with E-state index in [4.69, 9.17) is 4.74 Å². The van der Waals surface area contributed by atoms with Gasteiger partial charge in [0.05, 0.1) is 0 Å². The van der Waals surface area contributed by atoms with Crippen LogP contribution < -0.4 is 10.1 Å². The van der Waals surface area contributed by atoms with Crippen molar-refractivity contribution in [3.05, 3.63) is 35.2 Å². The molecule has 2 heterocycles. The summed E-state index contributed by atoms with van der Waals surface area (Å²) in [6.07, 6.45) is 0.802. The van der Waals surface area contributed by atoms with Crippen molar-refractivity contribution in [3.63, 3.8) is 0 Å². The van der Waals surface area contributed by atoms with Gasteiger partial charge in [-0.2, -0.15) is 4.37 Å². The van der Waals surface area contributed by atoms with Crippen molar-refractivity contribution in [1.82, 2.24) is 9.36 Å². The largest absolute Gasteiger partial charge is 0.487 e. The summed E-state index contributed by atoms with van der Waals surface area (Å²) in [4.78, 5) is 16.8. The van der Waals surface area contributed by atoms with E-state index in [1.165, 1.54) is 11.5 Å².